The standard InChI is InChI=1S/C21H38N2/c1-3-5-7-8-9-10-11-12-13-14-18-23-19-15-21(16-20-23)22-17-6-4-2/h15-16,19-20H,3-14,17-18H2,1-2H3/p+1. The van der Waals surface area contributed by atoms with Crippen LogP contribution < -0.4 is 9.88 Å². The van der Waals surface area contributed by atoms with E-state index in [1.54, 1.807) is 0 Å². The molecule has 0 aromatic carbocycles. The van der Waals surface area contributed by atoms with E-state index in [0.717, 1.165) is 13.1 Å². The van der Waals surface area contributed by atoms with Crippen LogP contribution in [0, 0.1) is 0 Å². The van der Waals surface area contributed by atoms with Crippen molar-refractivity contribution >= 4 is 5.69 Å². The highest BCUT2D eigenvalue weighted by Gasteiger charge is 2.01. The van der Waals surface area contributed by atoms with Gasteiger partial charge in [-0.15, -0.1) is 0 Å². The van der Waals surface area contributed by atoms with Gasteiger partial charge in [0.05, 0.1) is 0 Å². The van der Waals surface area contributed by atoms with Crippen LogP contribution in [0.2, 0.25) is 0 Å². The molecule has 0 aliphatic carbocycles. The van der Waals surface area contributed by atoms with Crippen molar-refractivity contribution in [2.75, 3.05) is 11.9 Å². The second kappa shape index (κ2) is 14.5. The highest BCUT2D eigenvalue weighted by atomic mass is 14.9. The quantitative estimate of drug-likeness (QED) is 0.305. The summed E-state index contributed by atoms with van der Waals surface area (Å²) in [7, 11) is 0. The van der Waals surface area contributed by atoms with Gasteiger partial charge in [0, 0.05) is 30.8 Å². The monoisotopic (exact) mass is 319 g/mol. The van der Waals surface area contributed by atoms with Crippen LogP contribution in [0.5, 0.6) is 0 Å². The van der Waals surface area contributed by atoms with Crippen molar-refractivity contribution in [3.63, 3.8) is 0 Å². The molecule has 1 aromatic heterocycles. The molecule has 1 aromatic rings. The number of rotatable bonds is 15. The summed E-state index contributed by atoms with van der Waals surface area (Å²) in [5.41, 5.74) is 1.25. The van der Waals surface area contributed by atoms with Gasteiger partial charge in [0.1, 0.15) is 6.54 Å². The molecule has 1 rings (SSSR count). The van der Waals surface area contributed by atoms with Crippen molar-refractivity contribution in [1.29, 1.82) is 0 Å². The van der Waals surface area contributed by atoms with Gasteiger partial charge in [-0.3, -0.25) is 0 Å². The molecule has 0 bridgehead atoms. The zero-order chi connectivity index (χ0) is 16.6. The average Bonchev–Trinajstić information content (AvgIpc) is 2.58. The van der Waals surface area contributed by atoms with Gasteiger partial charge >= 0.3 is 0 Å². The molecule has 1 heterocycles. The molecule has 0 amide bonds. The molecule has 0 spiro atoms. The predicted octanol–water partition coefficient (Wildman–Crippen LogP) is 6.11. The minimum atomic E-state index is 1.08. The largest absolute Gasteiger partial charge is 0.385 e. The first kappa shape index (κ1) is 20.0. The molecular formula is C21H39N2+. The molecule has 0 saturated carbocycles. The van der Waals surface area contributed by atoms with Crippen LogP contribution in [0.1, 0.15) is 90.9 Å². The lowest BCUT2D eigenvalue weighted by Crippen LogP contribution is -2.32. The second-order valence-electron chi connectivity index (χ2n) is 6.79. The fourth-order valence-corrected chi connectivity index (χ4v) is 2.92. The Bertz CT molecular complexity index is 359. The Morgan fingerprint density at radius 1 is 0.696 bits per heavy atom. The number of anilines is 1. The van der Waals surface area contributed by atoms with Crippen LogP contribution in [0.4, 0.5) is 5.69 Å². The minimum Gasteiger partial charge on any atom is -0.385 e. The SMILES string of the molecule is CCCCCCCCCCCC[n+]1ccc(NCCCC)cc1. The molecule has 0 aliphatic rings. The maximum atomic E-state index is 3.47. The average molecular weight is 320 g/mol. The lowest BCUT2D eigenvalue weighted by atomic mass is 10.1. The van der Waals surface area contributed by atoms with Gasteiger partial charge in [-0.2, -0.15) is 0 Å². The van der Waals surface area contributed by atoms with Crippen LogP contribution in [0.3, 0.4) is 0 Å². The number of pyridine rings is 1. The van der Waals surface area contributed by atoms with Crippen molar-refractivity contribution in [2.45, 2.75) is 97.4 Å². The van der Waals surface area contributed by atoms with Crippen LogP contribution in [-0.2, 0) is 6.54 Å². The summed E-state index contributed by atoms with van der Waals surface area (Å²) in [4.78, 5) is 0. The summed E-state index contributed by atoms with van der Waals surface area (Å²) >= 11 is 0. The fourth-order valence-electron chi connectivity index (χ4n) is 2.92. The second-order valence-corrected chi connectivity index (χ2v) is 6.79. The normalized spacial score (nSPS) is 10.9. The predicted molar refractivity (Wildman–Crippen MR) is 102 cm³/mol. The molecule has 0 unspecified atom stereocenters. The lowest BCUT2D eigenvalue weighted by molar-refractivity contribution is -0.697. The summed E-state index contributed by atoms with van der Waals surface area (Å²) in [6.45, 7) is 6.76. The van der Waals surface area contributed by atoms with E-state index in [4.69, 9.17) is 0 Å². The van der Waals surface area contributed by atoms with Crippen molar-refractivity contribution < 1.29 is 4.57 Å². The Morgan fingerprint density at radius 3 is 1.78 bits per heavy atom. The van der Waals surface area contributed by atoms with E-state index in [0.29, 0.717) is 0 Å². The van der Waals surface area contributed by atoms with E-state index >= 15 is 0 Å². The number of nitrogens with one attached hydrogen (secondary N) is 1. The van der Waals surface area contributed by atoms with E-state index in [-0.39, 0.29) is 0 Å². The molecular weight excluding hydrogens is 280 g/mol. The molecule has 0 fully saturated rings. The summed E-state index contributed by atoms with van der Waals surface area (Å²) in [5, 5.41) is 3.47. The topological polar surface area (TPSA) is 15.9 Å². The van der Waals surface area contributed by atoms with E-state index in [1.807, 2.05) is 0 Å². The minimum absolute atomic E-state index is 1.08. The highest BCUT2D eigenvalue weighted by molar-refractivity contribution is 5.39. The van der Waals surface area contributed by atoms with Crippen LogP contribution >= 0.6 is 0 Å². The third kappa shape index (κ3) is 11.2. The van der Waals surface area contributed by atoms with E-state index in [2.05, 4.69) is 48.3 Å². The van der Waals surface area contributed by atoms with Gasteiger partial charge in [-0.25, -0.2) is 4.57 Å². The summed E-state index contributed by atoms with van der Waals surface area (Å²) in [6, 6.07) is 4.40. The first-order valence-electron chi connectivity index (χ1n) is 10.1. The van der Waals surface area contributed by atoms with Crippen molar-refractivity contribution in [1.82, 2.24) is 0 Å². The molecule has 0 aliphatic heterocycles. The van der Waals surface area contributed by atoms with Gasteiger partial charge < -0.3 is 5.32 Å². The van der Waals surface area contributed by atoms with Gasteiger partial charge in [0.15, 0.2) is 12.4 Å². The van der Waals surface area contributed by atoms with E-state index in [9.17, 15) is 0 Å². The van der Waals surface area contributed by atoms with Crippen LogP contribution in [0.15, 0.2) is 24.5 Å². The number of unbranched alkanes of at least 4 members (excludes halogenated alkanes) is 10. The molecule has 1 N–H and O–H groups in total. The van der Waals surface area contributed by atoms with Crippen LogP contribution in [0.25, 0.3) is 0 Å². The third-order valence-corrected chi connectivity index (χ3v) is 4.52. The summed E-state index contributed by atoms with van der Waals surface area (Å²) < 4.78 is 2.32. The number of aryl methyl sites for hydroxylation is 1. The lowest BCUT2D eigenvalue weighted by Gasteiger charge is -2.04. The van der Waals surface area contributed by atoms with Gasteiger partial charge in [0.25, 0.3) is 0 Å². The van der Waals surface area contributed by atoms with Gasteiger partial charge in [-0.1, -0.05) is 71.6 Å². The fraction of sp³-hybridized carbons (Fsp3) is 0.762. The zero-order valence-electron chi connectivity index (χ0n) is 15.7. The summed E-state index contributed by atoms with van der Waals surface area (Å²) in [5.74, 6) is 0. The van der Waals surface area contributed by atoms with E-state index in [1.165, 1.54) is 82.7 Å². The number of nitrogens with zero attached hydrogens (tertiary/aromatic N) is 1. The van der Waals surface area contributed by atoms with Gasteiger partial charge in [-0.05, 0) is 12.8 Å². The molecule has 2 nitrogen and oxygen atoms in total. The molecule has 23 heavy (non-hydrogen) atoms. The first-order valence-corrected chi connectivity index (χ1v) is 10.1. The zero-order valence-corrected chi connectivity index (χ0v) is 15.7. The Balaban J connectivity index is 1.97. The molecule has 0 atom stereocenters. The Labute approximate surface area is 144 Å². The number of aromatic nitrogens is 1. The molecule has 132 valence electrons. The smallest absolute Gasteiger partial charge is 0.170 e. The van der Waals surface area contributed by atoms with Crippen molar-refractivity contribution in [3.05, 3.63) is 24.5 Å². The Morgan fingerprint density at radius 2 is 1.22 bits per heavy atom. The van der Waals surface area contributed by atoms with Crippen molar-refractivity contribution in [3.8, 4) is 0 Å². The maximum absolute atomic E-state index is 3.47. The molecule has 2 heteroatoms. The number of hydrogen-bond donors (Lipinski definition) is 1. The van der Waals surface area contributed by atoms with E-state index < -0.39 is 0 Å². The molecule has 0 saturated heterocycles. The number of hydrogen-bond acceptors (Lipinski definition) is 1. The Kier molecular flexibility index (Phi) is 12.6. The van der Waals surface area contributed by atoms with Crippen molar-refractivity contribution in [2.24, 2.45) is 0 Å². The summed E-state index contributed by atoms with van der Waals surface area (Å²) in [6.07, 6.45) is 21.0. The highest BCUT2D eigenvalue weighted by Crippen LogP contribution is 2.10. The third-order valence-electron chi connectivity index (χ3n) is 4.52. The Hall–Kier alpha value is -1.05. The first-order chi connectivity index (χ1) is 11.4. The van der Waals surface area contributed by atoms with Gasteiger partial charge in [0.2, 0.25) is 0 Å². The molecule has 0 radical (unpaired) electrons. The van der Waals surface area contributed by atoms with Crippen LogP contribution in [-0.4, -0.2) is 6.54 Å². The maximum Gasteiger partial charge on any atom is 0.170 e.